The number of benzene rings is 2. The van der Waals surface area contributed by atoms with E-state index >= 15 is 0 Å². The third-order valence-corrected chi connectivity index (χ3v) is 6.17. The molecule has 0 spiro atoms. The smallest absolute Gasteiger partial charge is 0.246 e. The number of carbonyl (C=O) groups is 1. The molecule has 3 rings (SSSR count). The van der Waals surface area contributed by atoms with Crippen LogP contribution in [0.25, 0.3) is 11.1 Å². The van der Waals surface area contributed by atoms with Crippen LogP contribution in [0.15, 0.2) is 51.8 Å². The highest BCUT2D eigenvalue weighted by atomic mass is 32.2. The van der Waals surface area contributed by atoms with Gasteiger partial charge in [-0.25, -0.2) is 18.1 Å². The Labute approximate surface area is 182 Å². The Balaban J connectivity index is 1.64. The first kappa shape index (κ1) is 22.8. The molecule has 0 aliphatic heterocycles. The van der Waals surface area contributed by atoms with Crippen molar-refractivity contribution >= 4 is 38.4 Å². The van der Waals surface area contributed by atoms with Gasteiger partial charge < -0.3 is 15.1 Å². The van der Waals surface area contributed by atoms with Gasteiger partial charge in [-0.3, -0.25) is 4.79 Å². The number of nitrogens with zero attached hydrogens (tertiary/aromatic N) is 1. The van der Waals surface area contributed by atoms with Crippen molar-refractivity contribution in [3.8, 4) is 0 Å². The molecule has 2 aromatic carbocycles. The average Bonchev–Trinajstić information content (AvgIpc) is 3.11. The zero-order valence-corrected chi connectivity index (χ0v) is 19.1. The van der Waals surface area contributed by atoms with Crippen molar-refractivity contribution in [1.29, 1.82) is 0 Å². The van der Waals surface area contributed by atoms with E-state index in [2.05, 4.69) is 20.3 Å². The maximum atomic E-state index is 12.6. The van der Waals surface area contributed by atoms with Crippen molar-refractivity contribution < 1.29 is 17.6 Å². The summed E-state index contributed by atoms with van der Waals surface area (Å²) in [6, 6.07) is 10.8. The van der Waals surface area contributed by atoms with Gasteiger partial charge in [0.25, 0.3) is 0 Å². The fraction of sp³-hybridized carbons (Fsp3) is 0.364. The summed E-state index contributed by atoms with van der Waals surface area (Å²) in [6.45, 7) is 9.28. The van der Waals surface area contributed by atoms with Crippen molar-refractivity contribution in [3.05, 3.63) is 48.4 Å². The van der Waals surface area contributed by atoms with Gasteiger partial charge in [-0.1, -0.05) is 13.8 Å². The number of fused-ring (bicyclic) bond motifs is 1. The molecule has 0 saturated heterocycles. The number of amides is 1. The highest BCUT2D eigenvalue weighted by Crippen LogP contribution is 2.24. The van der Waals surface area contributed by atoms with Crippen molar-refractivity contribution in [1.82, 2.24) is 9.71 Å². The van der Waals surface area contributed by atoms with E-state index in [1.165, 1.54) is 12.1 Å². The molecule has 3 N–H and O–H groups in total. The largest absolute Gasteiger partial charge is 0.440 e. The van der Waals surface area contributed by atoms with Crippen LogP contribution in [-0.2, 0) is 14.8 Å². The van der Waals surface area contributed by atoms with Gasteiger partial charge in [0.2, 0.25) is 15.9 Å². The van der Waals surface area contributed by atoms with Crippen molar-refractivity contribution in [2.75, 3.05) is 10.6 Å². The number of anilines is 2. The summed E-state index contributed by atoms with van der Waals surface area (Å²) in [5, 5.41) is 5.94. The second kappa shape index (κ2) is 9.07. The second-order valence-corrected chi connectivity index (χ2v) is 9.76. The summed E-state index contributed by atoms with van der Waals surface area (Å²) in [5.41, 5.74) is 2.69. The number of sulfonamides is 1. The number of hydrogen-bond acceptors (Lipinski definition) is 6. The first-order valence-corrected chi connectivity index (χ1v) is 11.6. The van der Waals surface area contributed by atoms with Crippen molar-refractivity contribution in [2.24, 2.45) is 0 Å². The molecule has 0 bridgehead atoms. The molecule has 0 aliphatic rings. The predicted octanol–water partition coefficient (Wildman–Crippen LogP) is 4.08. The van der Waals surface area contributed by atoms with Crippen LogP contribution < -0.4 is 15.4 Å². The standard InChI is InChI=1S/C22H28N4O4S/c1-13(2)22-25-19-12-17(8-11-20(19)30-22)23-15(5)21(27)24-16-6-9-18(10-7-16)31(28,29)26-14(3)4/h6-15,23,26H,1-5H3,(H,24,27). The fourth-order valence-electron chi connectivity index (χ4n) is 2.94. The van der Waals surface area contributed by atoms with E-state index < -0.39 is 16.1 Å². The quantitative estimate of drug-likeness (QED) is 0.483. The fourth-order valence-corrected chi connectivity index (χ4v) is 4.19. The molecule has 0 fully saturated rings. The summed E-state index contributed by atoms with van der Waals surface area (Å²) in [7, 11) is -3.57. The first-order valence-electron chi connectivity index (χ1n) is 10.2. The number of aromatic nitrogens is 1. The molecule has 1 atom stereocenters. The van der Waals surface area contributed by atoms with Crippen LogP contribution in [0.2, 0.25) is 0 Å². The molecule has 1 amide bonds. The summed E-state index contributed by atoms with van der Waals surface area (Å²) in [5.74, 6) is 0.613. The van der Waals surface area contributed by atoms with E-state index in [1.54, 1.807) is 32.9 Å². The van der Waals surface area contributed by atoms with E-state index in [4.69, 9.17) is 4.42 Å². The molecule has 0 saturated carbocycles. The lowest BCUT2D eigenvalue weighted by atomic mass is 10.2. The lowest BCUT2D eigenvalue weighted by Crippen LogP contribution is -2.32. The van der Waals surface area contributed by atoms with E-state index in [0.717, 1.165) is 11.2 Å². The van der Waals surface area contributed by atoms with Crippen LogP contribution in [0.3, 0.4) is 0 Å². The van der Waals surface area contributed by atoms with Gasteiger partial charge in [-0.15, -0.1) is 0 Å². The molecule has 1 aromatic heterocycles. The third-order valence-electron chi connectivity index (χ3n) is 4.50. The van der Waals surface area contributed by atoms with Gasteiger partial charge in [-0.05, 0) is 63.2 Å². The predicted molar refractivity (Wildman–Crippen MR) is 122 cm³/mol. The minimum absolute atomic E-state index is 0.145. The molecule has 166 valence electrons. The number of carbonyl (C=O) groups excluding carboxylic acids is 1. The second-order valence-electron chi connectivity index (χ2n) is 8.04. The summed E-state index contributed by atoms with van der Waals surface area (Å²) < 4.78 is 32.6. The molecule has 0 radical (unpaired) electrons. The molecule has 1 unspecified atom stereocenters. The average molecular weight is 445 g/mol. The van der Waals surface area contributed by atoms with Crippen LogP contribution in [0, 0.1) is 0 Å². The van der Waals surface area contributed by atoms with Crippen LogP contribution in [0.1, 0.15) is 46.4 Å². The van der Waals surface area contributed by atoms with Crippen LogP contribution in [0.5, 0.6) is 0 Å². The zero-order valence-electron chi connectivity index (χ0n) is 18.3. The van der Waals surface area contributed by atoms with Gasteiger partial charge in [0.05, 0.1) is 4.90 Å². The topological polar surface area (TPSA) is 113 Å². The Morgan fingerprint density at radius 2 is 1.61 bits per heavy atom. The Hall–Kier alpha value is -2.91. The normalized spacial score (nSPS) is 13.0. The third kappa shape index (κ3) is 5.62. The molecular weight excluding hydrogens is 416 g/mol. The monoisotopic (exact) mass is 444 g/mol. The zero-order chi connectivity index (χ0) is 22.8. The number of rotatable bonds is 8. The van der Waals surface area contributed by atoms with Crippen LogP contribution >= 0.6 is 0 Å². The Morgan fingerprint density at radius 3 is 2.23 bits per heavy atom. The van der Waals surface area contributed by atoms with Crippen molar-refractivity contribution in [2.45, 2.75) is 57.5 Å². The summed E-state index contributed by atoms with van der Waals surface area (Å²) in [4.78, 5) is 17.2. The van der Waals surface area contributed by atoms with Gasteiger partial charge in [0.15, 0.2) is 11.5 Å². The highest BCUT2D eigenvalue weighted by Gasteiger charge is 2.17. The molecule has 3 aromatic rings. The van der Waals surface area contributed by atoms with Crippen LogP contribution in [-0.4, -0.2) is 31.4 Å². The number of oxazole rings is 1. The Bertz CT molecular complexity index is 1170. The maximum absolute atomic E-state index is 12.6. The highest BCUT2D eigenvalue weighted by molar-refractivity contribution is 7.89. The molecule has 0 aliphatic carbocycles. The van der Waals surface area contributed by atoms with E-state index in [-0.39, 0.29) is 22.8 Å². The van der Waals surface area contributed by atoms with Gasteiger partial charge >= 0.3 is 0 Å². The van der Waals surface area contributed by atoms with E-state index in [9.17, 15) is 13.2 Å². The molecule has 9 heteroatoms. The molecule has 8 nitrogen and oxygen atoms in total. The number of hydrogen-bond donors (Lipinski definition) is 3. The maximum Gasteiger partial charge on any atom is 0.246 e. The minimum Gasteiger partial charge on any atom is -0.440 e. The van der Waals surface area contributed by atoms with Gasteiger partial charge in [0, 0.05) is 23.3 Å². The summed E-state index contributed by atoms with van der Waals surface area (Å²) >= 11 is 0. The first-order chi connectivity index (χ1) is 14.5. The number of nitrogens with one attached hydrogen (secondary N) is 3. The van der Waals surface area contributed by atoms with Gasteiger partial charge in [0.1, 0.15) is 11.6 Å². The molecular formula is C22H28N4O4S. The Kier molecular flexibility index (Phi) is 6.66. The Morgan fingerprint density at radius 1 is 0.968 bits per heavy atom. The van der Waals surface area contributed by atoms with Gasteiger partial charge in [-0.2, -0.15) is 0 Å². The lowest BCUT2D eigenvalue weighted by Gasteiger charge is -2.15. The van der Waals surface area contributed by atoms with E-state index in [1.807, 2.05) is 32.0 Å². The van der Waals surface area contributed by atoms with Crippen LogP contribution in [0.4, 0.5) is 11.4 Å². The molecule has 1 heterocycles. The van der Waals surface area contributed by atoms with E-state index in [0.29, 0.717) is 17.2 Å². The molecule has 31 heavy (non-hydrogen) atoms. The van der Waals surface area contributed by atoms with Crippen molar-refractivity contribution in [3.63, 3.8) is 0 Å². The lowest BCUT2D eigenvalue weighted by molar-refractivity contribution is -0.116. The SMILES string of the molecule is CC(C)NS(=O)(=O)c1ccc(NC(=O)C(C)Nc2ccc3oc(C(C)C)nc3c2)cc1. The summed E-state index contributed by atoms with van der Waals surface area (Å²) in [6.07, 6.45) is 0. The minimum atomic E-state index is -3.57.